The van der Waals surface area contributed by atoms with Gasteiger partial charge < -0.3 is 4.74 Å². The molecule has 1 atom stereocenters. The molecule has 0 spiro atoms. The van der Waals surface area contributed by atoms with Crippen LogP contribution in [0.1, 0.15) is 24.0 Å². The number of fused-ring (bicyclic) bond motifs is 3. The molecule has 1 aromatic carbocycles. The van der Waals surface area contributed by atoms with E-state index in [4.69, 9.17) is 4.74 Å². The van der Waals surface area contributed by atoms with E-state index in [0.29, 0.717) is 19.3 Å². The SMILES string of the molecule is COC(=O)[C@]12CCC(=O)C=C1c1ccccc1C2. The minimum atomic E-state index is -0.633. The van der Waals surface area contributed by atoms with E-state index in [-0.39, 0.29) is 11.8 Å². The predicted octanol–water partition coefficient (Wildman–Crippen LogP) is 2.15. The van der Waals surface area contributed by atoms with Crippen LogP contribution in [-0.4, -0.2) is 18.9 Å². The summed E-state index contributed by atoms with van der Waals surface area (Å²) >= 11 is 0. The molecule has 0 N–H and O–H groups in total. The fraction of sp³-hybridized carbons (Fsp3) is 0.333. The van der Waals surface area contributed by atoms with Gasteiger partial charge in [0.2, 0.25) is 0 Å². The van der Waals surface area contributed by atoms with Gasteiger partial charge in [-0.15, -0.1) is 0 Å². The summed E-state index contributed by atoms with van der Waals surface area (Å²) in [5, 5.41) is 0. The number of carbonyl (C=O) groups is 2. The molecule has 3 heteroatoms. The minimum absolute atomic E-state index is 0.0984. The first-order valence-corrected chi connectivity index (χ1v) is 6.09. The van der Waals surface area contributed by atoms with Gasteiger partial charge in [-0.3, -0.25) is 9.59 Å². The maximum absolute atomic E-state index is 12.2. The molecule has 0 amide bonds. The Labute approximate surface area is 105 Å². The molecule has 3 rings (SSSR count). The third-order valence-corrected chi connectivity index (χ3v) is 3.99. The average Bonchev–Trinajstić information content (AvgIpc) is 2.73. The molecule has 0 radical (unpaired) electrons. The van der Waals surface area contributed by atoms with Gasteiger partial charge in [-0.05, 0) is 35.6 Å². The fourth-order valence-electron chi connectivity index (χ4n) is 3.10. The zero-order valence-electron chi connectivity index (χ0n) is 10.2. The first-order valence-electron chi connectivity index (χ1n) is 6.09. The van der Waals surface area contributed by atoms with Crippen LogP contribution in [0, 0.1) is 5.41 Å². The first kappa shape index (κ1) is 11.2. The number of benzene rings is 1. The molecular weight excluding hydrogens is 228 g/mol. The molecule has 0 fully saturated rings. The van der Waals surface area contributed by atoms with Crippen molar-refractivity contribution in [3.63, 3.8) is 0 Å². The Bertz CT molecular complexity index is 571. The predicted molar refractivity (Wildman–Crippen MR) is 66.8 cm³/mol. The third-order valence-electron chi connectivity index (χ3n) is 3.99. The van der Waals surface area contributed by atoms with E-state index in [1.165, 1.54) is 7.11 Å². The molecule has 0 saturated carbocycles. The van der Waals surface area contributed by atoms with Crippen LogP contribution in [0.3, 0.4) is 0 Å². The number of hydrogen-bond acceptors (Lipinski definition) is 3. The lowest BCUT2D eigenvalue weighted by Crippen LogP contribution is -2.35. The summed E-state index contributed by atoms with van der Waals surface area (Å²) in [6.07, 6.45) is 3.26. The number of ether oxygens (including phenoxy) is 1. The molecule has 0 aliphatic heterocycles. The van der Waals surface area contributed by atoms with E-state index < -0.39 is 5.41 Å². The zero-order valence-corrected chi connectivity index (χ0v) is 10.2. The summed E-state index contributed by atoms with van der Waals surface area (Å²) in [5.41, 5.74) is 2.37. The van der Waals surface area contributed by atoms with Crippen LogP contribution in [0.5, 0.6) is 0 Å². The summed E-state index contributed by atoms with van der Waals surface area (Å²) in [5.74, 6) is -0.126. The number of rotatable bonds is 1. The van der Waals surface area contributed by atoms with Crippen molar-refractivity contribution in [2.75, 3.05) is 7.11 Å². The molecule has 0 heterocycles. The molecule has 0 unspecified atom stereocenters. The van der Waals surface area contributed by atoms with Crippen LogP contribution in [-0.2, 0) is 20.7 Å². The van der Waals surface area contributed by atoms with Gasteiger partial charge in [0.1, 0.15) is 0 Å². The van der Waals surface area contributed by atoms with Gasteiger partial charge in [-0.2, -0.15) is 0 Å². The number of esters is 1. The highest BCUT2D eigenvalue weighted by atomic mass is 16.5. The van der Waals surface area contributed by atoms with Gasteiger partial charge >= 0.3 is 5.97 Å². The average molecular weight is 242 g/mol. The quantitative estimate of drug-likeness (QED) is 0.709. The number of methoxy groups -OCH3 is 1. The number of hydrogen-bond donors (Lipinski definition) is 0. The van der Waals surface area contributed by atoms with Crippen molar-refractivity contribution in [2.24, 2.45) is 5.41 Å². The second-order valence-corrected chi connectivity index (χ2v) is 4.93. The van der Waals surface area contributed by atoms with Crippen LogP contribution in [0.15, 0.2) is 30.3 Å². The largest absolute Gasteiger partial charge is 0.468 e. The van der Waals surface area contributed by atoms with Gasteiger partial charge in [0.15, 0.2) is 5.78 Å². The first-order chi connectivity index (χ1) is 8.67. The standard InChI is InChI=1S/C15H14O3/c1-18-14(17)15-7-6-11(16)8-13(15)12-5-3-2-4-10(12)9-15/h2-5,8H,6-7,9H2,1H3/t15-/m0/s1. The summed E-state index contributed by atoms with van der Waals surface area (Å²) in [4.78, 5) is 23.8. The fourth-order valence-corrected chi connectivity index (χ4v) is 3.10. The molecule has 0 bridgehead atoms. The van der Waals surface area contributed by atoms with Crippen molar-refractivity contribution in [1.29, 1.82) is 0 Å². The van der Waals surface area contributed by atoms with Crippen LogP contribution >= 0.6 is 0 Å². The lowest BCUT2D eigenvalue weighted by molar-refractivity contribution is -0.149. The highest BCUT2D eigenvalue weighted by molar-refractivity contribution is 6.07. The van der Waals surface area contributed by atoms with Gasteiger partial charge in [-0.1, -0.05) is 24.3 Å². The molecule has 0 saturated heterocycles. The Morgan fingerprint density at radius 1 is 1.33 bits per heavy atom. The van der Waals surface area contributed by atoms with Crippen LogP contribution in [0.25, 0.3) is 5.57 Å². The van der Waals surface area contributed by atoms with E-state index in [9.17, 15) is 9.59 Å². The van der Waals surface area contributed by atoms with Crippen molar-refractivity contribution in [3.05, 3.63) is 41.5 Å². The van der Waals surface area contributed by atoms with Gasteiger partial charge in [0.05, 0.1) is 12.5 Å². The molecule has 92 valence electrons. The summed E-state index contributed by atoms with van der Waals surface area (Å²) in [6.45, 7) is 0. The molecule has 18 heavy (non-hydrogen) atoms. The Morgan fingerprint density at radius 2 is 2.11 bits per heavy atom. The Balaban J connectivity index is 2.20. The molecule has 0 aromatic heterocycles. The third kappa shape index (κ3) is 1.37. The summed E-state index contributed by atoms with van der Waals surface area (Å²) < 4.78 is 4.97. The summed E-state index contributed by atoms with van der Waals surface area (Å²) in [6, 6.07) is 7.89. The number of carbonyl (C=O) groups excluding carboxylic acids is 2. The van der Waals surface area contributed by atoms with E-state index in [1.807, 2.05) is 24.3 Å². The van der Waals surface area contributed by atoms with Crippen LogP contribution < -0.4 is 0 Å². The monoisotopic (exact) mass is 242 g/mol. The number of allylic oxidation sites excluding steroid dienone is 1. The van der Waals surface area contributed by atoms with Gasteiger partial charge in [-0.25, -0.2) is 0 Å². The van der Waals surface area contributed by atoms with Crippen molar-refractivity contribution in [1.82, 2.24) is 0 Å². The highest BCUT2D eigenvalue weighted by Gasteiger charge is 2.50. The molecule has 1 aromatic rings. The normalized spacial score (nSPS) is 25.2. The van der Waals surface area contributed by atoms with E-state index in [0.717, 1.165) is 16.7 Å². The van der Waals surface area contributed by atoms with Gasteiger partial charge in [0.25, 0.3) is 0 Å². The number of ketones is 1. The maximum atomic E-state index is 12.2. The minimum Gasteiger partial charge on any atom is -0.468 e. The van der Waals surface area contributed by atoms with Crippen molar-refractivity contribution in [2.45, 2.75) is 19.3 Å². The maximum Gasteiger partial charge on any atom is 0.316 e. The second-order valence-electron chi connectivity index (χ2n) is 4.93. The second kappa shape index (κ2) is 3.80. The molecular formula is C15H14O3. The van der Waals surface area contributed by atoms with Crippen molar-refractivity contribution in [3.8, 4) is 0 Å². The topological polar surface area (TPSA) is 43.4 Å². The Morgan fingerprint density at radius 3 is 2.89 bits per heavy atom. The zero-order chi connectivity index (χ0) is 12.8. The van der Waals surface area contributed by atoms with Gasteiger partial charge in [0, 0.05) is 6.42 Å². The van der Waals surface area contributed by atoms with Crippen molar-refractivity contribution >= 4 is 17.3 Å². The van der Waals surface area contributed by atoms with Crippen LogP contribution in [0.2, 0.25) is 0 Å². The van der Waals surface area contributed by atoms with E-state index >= 15 is 0 Å². The molecule has 2 aliphatic rings. The van der Waals surface area contributed by atoms with Crippen LogP contribution in [0.4, 0.5) is 0 Å². The van der Waals surface area contributed by atoms with E-state index in [2.05, 4.69) is 0 Å². The Hall–Kier alpha value is -1.90. The molecule has 3 nitrogen and oxygen atoms in total. The van der Waals surface area contributed by atoms with E-state index in [1.54, 1.807) is 6.08 Å². The summed E-state index contributed by atoms with van der Waals surface area (Å²) in [7, 11) is 1.41. The smallest absolute Gasteiger partial charge is 0.316 e. The Kier molecular flexibility index (Phi) is 2.37. The lowest BCUT2D eigenvalue weighted by atomic mass is 9.72. The van der Waals surface area contributed by atoms with Crippen molar-refractivity contribution < 1.29 is 14.3 Å². The molecule has 2 aliphatic carbocycles. The highest BCUT2D eigenvalue weighted by Crippen LogP contribution is 2.52. The lowest BCUT2D eigenvalue weighted by Gasteiger charge is -2.30.